The number of alkyl halides is 2. The molecule has 1 fully saturated rings. The minimum atomic E-state index is -2.80. The highest BCUT2D eigenvalue weighted by molar-refractivity contribution is 7.86. The molecule has 0 N–H and O–H groups in total. The minimum Gasteiger partial charge on any atom is -0.415 e. The molecule has 170 valence electrons. The van der Waals surface area contributed by atoms with E-state index in [1.54, 1.807) is 12.1 Å². The Hall–Kier alpha value is -2.65. The second kappa shape index (κ2) is 10.8. The SMILES string of the molecule is O=S(CCN1CCCCC1)N(Cc1ccc(-c2nnc(C(F)F)o2)cc1)c1ccccc1. The van der Waals surface area contributed by atoms with Gasteiger partial charge in [-0.15, -0.1) is 10.2 Å². The number of aromatic nitrogens is 2. The van der Waals surface area contributed by atoms with Crippen molar-refractivity contribution in [1.29, 1.82) is 0 Å². The Morgan fingerprint density at radius 3 is 2.38 bits per heavy atom. The molecule has 9 heteroatoms. The van der Waals surface area contributed by atoms with Crippen molar-refractivity contribution in [2.45, 2.75) is 32.2 Å². The molecule has 0 amide bonds. The average molecular weight is 461 g/mol. The summed E-state index contributed by atoms with van der Waals surface area (Å²) in [4.78, 5) is 2.39. The van der Waals surface area contributed by atoms with Crippen LogP contribution in [-0.4, -0.2) is 44.7 Å². The molecule has 0 spiro atoms. The summed E-state index contributed by atoms with van der Waals surface area (Å²) in [6, 6.07) is 16.9. The molecule has 2 aromatic carbocycles. The summed E-state index contributed by atoms with van der Waals surface area (Å²) in [6.45, 7) is 3.43. The Balaban J connectivity index is 1.46. The largest absolute Gasteiger partial charge is 0.415 e. The first kappa shape index (κ1) is 22.5. The number of nitrogens with zero attached hydrogens (tertiary/aromatic N) is 4. The maximum absolute atomic E-state index is 13.3. The van der Waals surface area contributed by atoms with E-state index in [0.29, 0.717) is 17.9 Å². The van der Waals surface area contributed by atoms with Gasteiger partial charge in [0.25, 0.3) is 5.89 Å². The highest BCUT2D eigenvalue weighted by atomic mass is 32.2. The Morgan fingerprint density at radius 2 is 1.72 bits per heavy atom. The molecule has 32 heavy (non-hydrogen) atoms. The van der Waals surface area contributed by atoms with Crippen LogP contribution >= 0.6 is 0 Å². The van der Waals surface area contributed by atoms with Crippen LogP contribution in [0.15, 0.2) is 59.0 Å². The van der Waals surface area contributed by atoms with Gasteiger partial charge in [-0.3, -0.25) is 4.31 Å². The number of likely N-dealkylation sites (tertiary alicyclic amines) is 1. The van der Waals surface area contributed by atoms with Crippen molar-refractivity contribution in [2.75, 3.05) is 29.7 Å². The zero-order valence-electron chi connectivity index (χ0n) is 17.7. The van der Waals surface area contributed by atoms with Gasteiger partial charge >= 0.3 is 6.43 Å². The third-order valence-electron chi connectivity index (χ3n) is 5.48. The quantitative estimate of drug-likeness (QED) is 0.458. The highest BCUT2D eigenvalue weighted by Crippen LogP contribution is 2.25. The number of benzene rings is 2. The molecule has 0 saturated carbocycles. The summed E-state index contributed by atoms with van der Waals surface area (Å²) in [5.41, 5.74) is 2.40. The molecule has 3 aromatic rings. The Labute approximate surface area is 188 Å². The van der Waals surface area contributed by atoms with E-state index in [-0.39, 0.29) is 5.89 Å². The predicted octanol–water partition coefficient (Wildman–Crippen LogP) is 4.83. The van der Waals surface area contributed by atoms with Crippen LogP contribution in [0.3, 0.4) is 0 Å². The van der Waals surface area contributed by atoms with E-state index in [1.807, 2.05) is 46.8 Å². The molecular weight excluding hydrogens is 434 g/mol. The van der Waals surface area contributed by atoms with Crippen molar-refractivity contribution in [2.24, 2.45) is 0 Å². The van der Waals surface area contributed by atoms with E-state index < -0.39 is 23.3 Å². The Bertz CT molecular complexity index is 1010. The monoisotopic (exact) mass is 460 g/mol. The number of hydrogen-bond donors (Lipinski definition) is 0. The van der Waals surface area contributed by atoms with E-state index in [2.05, 4.69) is 15.1 Å². The van der Waals surface area contributed by atoms with Crippen molar-refractivity contribution in [1.82, 2.24) is 15.1 Å². The zero-order valence-corrected chi connectivity index (χ0v) is 18.5. The van der Waals surface area contributed by atoms with E-state index in [1.165, 1.54) is 19.3 Å². The summed E-state index contributed by atoms with van der Waals surface area (Å²) < 4.78 is 45.5. The van der Waals surface area contributed by atoms with E-state index in [4.69, 9.17) is 4.42 Å². The first-order valence-corrected chi connectivity index (χ1v) is 12.0. The number of anilines is 1. The first-order chi connectivity index (χ1) is 15.6. The number of hydrogen-bond acceptors (Lipinski definition) is 5. The molecule has 1 unspecified atom stereocenters. The highest BCUT2D eigenvalue weighted by Gasteiger charge is 2.19. The second-order valence-corrected chi connectivity index (χ2v) is 9.24. The minimum absolute atomic E-state index is 0.0527. The molecule has 4 rings (SSSR count). The van der Waals surface area contributed by atoms with Gasteiger partial charge in [-0.05, 0) is 55.8 Å². The van der Waals surface area contributed by atoms with Crippen molar-refractivity contribution in [3.05, 3.63) is 66.1 Å². The van der Waals surface area contributed by atoms with Crippen molar-refractivity contribution >= 4 is 16.7 Å². The van der Waals surface area contributed by atoms with E-state index in [9.17, 15) is 13.0 Å². The molecule has 0 bridgehead atoms. The third kappa shape index (κ3) is 5.77. The molecule has 0 radical (unpaired) electrons. The maximum atomic E-state index is 13.3. The van der Waals surface area contributed by atoms with Gasteiger partial charge in [0.15, 0.2) is 0 Å². The number of rotatable bonds is 9. The van der Waals surface area contributed by atoms with Crippen LogP contribution in [0.4, 0.5) is 14.5 Å². The molecule has 6 nitrogen and oxygen atoms in total. The van der Waals surface area contributed by atoms with Gasteiger partial charge in [0.2, 0.25) is 5.89 Å². The van der Waals surface area contributed by atoms with Crippen LogP contribution in [0, 0.1) is 0 Å². The van der Waals surface area contributed by atoms with Gasteiger partial charge in [-0.25, -0.2) is 4.21 Å². The van der Waals surface area contributed by atoms with Gasteiger partial charge in [0, 0.05) is 17.8 Å². The third-order valence-corrected chi connectivity index (χ3v) is 6.84. The van der Waals surface area contributed by atoms with Crippen molar-refractivity contribution < 1.29 is 17.4 Å². The normalized spacial score (nSPS) is 15.7. The molecule has 1 atom stereocenters. The van der Waals surface area contributed by atoms with Crippen LogP contribution in [0.5, 0.6) is 0 Å². The number of para-hydroxylation sites is 1. The second-order valence-electron chi connectivity index (χ2n) is 7.74. The lowest BCUT2D eigenvalue weighted by Gasteiger charge is -2.28. The lowest BCUT2D eigenvalue weighted by Crippen LogP contribution is -2.36. The topological polar surface area (TPSA) is 62.5 Å². The van der Waals surface area contributed by atoms with Crippen LogP contribution in [0.2, 0.25) is 0 Å². The molecular formula is C23H26F2N4O2S. The maximum Gasteiger partial charge on any atom is 0.314 e. The first-order valence-electron chi connectivity index (χ1n) is 10.7. The molecule has 1 aliphatic rings. The smallest absolute Gasteiger partial charge is 0.314 e. The molecule has 1 aromatic heterocycles. The van der Waals surface area contributed by atoms with E-state index in [0.717, 1.165) is 30.9 Å². The van der Waals surface area contributed by atoms with Gasteiger partial charge in [-0.1, -0.05) is 36.8 Å². The summed E-state index contributed by atoms with van der Waals surface area (Å²) in [7, 11) is -1.19. The molecule has 0 aliphatic carbocycles. The Morgan fingerprint density at radius 1 is 1.00 bits per heavy atom. The van der Waals surface area contributed by atoms with Crippen LogP contribution < -0.4 is 4.31 Å². The van der Waals surface area contributed by atoms with Gasteiger partial charge in [0.05, 0.1) is 12.3 Å². The molecule has 1 aliphatic heterocycles. The number of halogens is 2. The van der Waals surface area contributed by atoms with Crippen LogP contribution in [0.1, 0.15) is 37.1 Å². The van der Waals surface area contributed by atoms with Crippen molar-refractivity contribution in [3.8, 4) is 11.5 Å². The average Bonchev–Trinajstić information content (AvgIpc) is 3.33. The summed E-state index contributed by atoms with van der Waals surface area (Å²) >= 11 is 0. The Kier molecular flexibility index (Phi) is 7.59. The van der Waals surface area contributed by atoms with Gasteiger partial charge in [-0.2, -0.15) is 8.78 Å². The van der Waals surface area contributed by atoms with Crippen LogP contribution in [-0.2, 0) is 17.5 Å². The fraction of sp³-hybridized carbons (Fsp3) is 0.391. The number of piperidine rings is 1. The zero-order chi connectivity index (χ0) is 22.3. The fourth-order valence-corrected chi connectivity index (χ4v) is 5.02. The molecule has 1 saturated heterocycles. The summed E-state index contributed by atoms with van der Waals surface area (Å²) in [6.07, 6.45) is 0.897. The lowest BCUT2D eigenvalue weighted by atomic mass is 10.1. The molecule has 2 heterocycles. The van der Waals surface area contributed by atoms with E-state index >= 15 is 0 Å². The fourth-order valence-electron chi connectivity index (χ4n) is 3.73. The summed E-state index contributed by atoms with van der Waals surface area (Å²) in [5, 5.41) is 7.05. The van der Waals surface area contributed by atoms with Crippen molar-refractivity contribution in [3.63, 3.8) is 0 Å². The van der Waals surface area contributed by atoms with Gasteiger partial charge < -0.3 is 9.32 Å². The van der Waals surface area contributed by atoms with Gasteiger partial charge in [0.1, 0.15) is 11.0 Å². The van der Waals surface area contributed by atoms with Crippen LogP contribution in [0.25, 0.3) is 11.5 Å². The standard InChI is InChI=1S/C23H26F2N4O2S/c24-21(25)23-27-26-22(31-23)19-11-9-18(10-12-19)17-29(20-7-3-1-4-8-20)32(30)16-15-28-13-5-2-6-14-28/h1,3-4,7-12,21H,2,5-6,13-17H2. The lowest BCUT2D eigenvalue weighted by molar-refractivity contribution is 0.116. The summed E-state index contributed by atoms with van der Waals surface area (Å²) in [5.74, 6) is -0.0638. The predicted molar refractivity (Wildman–Crippen MR) is 121 cm³/mol.